The van der Waals surface area contributed by atoms with Gasteiger partial charge in [-0.25, -0.2) is 4.39 Å². The summed E-state index contributed by atoms with van der Waals surface area (Å²) in [6, 6.07) is 22.5. The van der Waals surface area contributed by atoms with Crippen molar-refractivity contribution >= 4 is 0 Å². The van der Waals surface area contributed by atoms with Gasteiger partial charge < -0.3 is 4.74 Å². The molecule has 1 aliphatic carbocycles. The first-order valence-electron chi connectivity index (χ1n) is 11.3. The van der Waals surface area contributed by atoms with Crippen molar-refractivity contribution < 1.29 is 9.13 Å². The summed E-state index contributed by atoms with van der Waals surface area (Å²) in [6.07, 6.45) is 9.69. The highest BCUT2D eigenvalue weighted by molar-refractivity contribution is 5.71. The van der Waals surface area contributed by atoms with Gasteiger partial charge in [0.15, 0.2) is 0 Å². The number of ether oxygens (including phenoxy) is 1. The van der Waals surface area contributed by atoms with E-state index in [9.17, 15) is 4.39 Å². The van der Waals surface area contributed by atoms with Crippen molar-refractivity contribution in [3.63, 3.8) is 0 Å². The highest BCUT2D eigenvalue weighted by atomic mass is 19.1. The van der Waals surface area contributed by atoms with E-state index in [1.807, 2.05) is 24.3 Å². The number of halogens is 1. The van der Waals surface area contributed by atoms with Gasteiger partial charge in [-0.2, -0.15) is 0 Å². The minimum atomic E-state index is -0.212. The zero-order valence-corrected chi connectivity index (χ0v) is 18.5. The topological polar surface area (TPSA) is 9.23 Å². The average molecular weight is 415 g/mol. The van der Waals surface area contributed by atoms with Gasteiger partial charge in [0.05, 0.1) is 6.61 Å². The molecule has 3 aromatic carbocycles. The van der Waals surface area contributed by atoms with E-state index in [-0.39, 0.29) is 5.82 Å². The van der Waals surface area contributed by atoms with E-state index in [4.69, 9.17) is 4.74 Å². The Morgan fingerprint density at radius 2 is 1.45 bits per heavy atom. The van der Waals surface area contributed by atoms with Gasteiger partial charge in [-0.1, -0.05) is 72.8 Å². The lowest BCUT2D eigenvalue weighted by molar-refractivity contribution is 0.184. The van der Waals surface area contributed by atoms with Crippen LogP contribution in [0.1, 0.15) is 49.7 Å². The number of rotatable bonds is 6. The van der Waals surface area contributed by atoms with E-state index >= 15 is 0 Å². The molecule has 0 aromatic heterocycles. The molecule has 1 nitrogen and oxygen atoms in total. The zero-order valence-electron chi connectivity index (χ0n) is 18.5. The standard InChI is InChI=1S/C29H31FO/c1-3-4-21-5-8-23(9-6-21)24-10-12-25(13-11-24)26-14-16-27(17-15-26)28-18-7-22(20-31-2)19-29(28)30/h3-4,7,10-19,21,23H,5-6,8-9,20H2,1-2H3. The normalized spacial score (nSPS) is 19.1. The molecule has 160 valence electrons. The van der Waals surface area contributed by atoms with Crippen LogP contribution in [0.25, 0.3) is 22.3 Å². The van der Waals surface area contributed by atoms with E-state index in [1.165, 1.54) is 36.8 Å². The van der Waals surface area contributed by atoms with Gasteiger partial charge in [-0.05, 0) is 78.3 Å². The van der Waals surface area contributed by atoms with Gasteiger partial charge >= 0.3 is 0 Å². The summed E-state index contributed by atoms with van der Waals surface area (Å²) >= 11 is 0. The average Bonchev–Trinajstić information content (AvgIpc) is 2.81. The largest absolute Gasteiger partial charge is 0.380 e. The summed E-state index contributed by atoms with van der Waals surface area (Å²) in [4.78, 5) is 0. The second-order valence-corrected chi connectivity index (χ2v) is 8.58. The maximum absolute atomic E-state index is 14.5. The third kappa shape index (κ3) is 5.14. The molecule has 0 spiro atoms. The molecular formula is C29H31FO. The summed E-state index contributed by atoms with van der Waals surface area (Å²) in [5, 5.41) is 0. The van der Waals surface area contributed by atoms with Gasteiger partial charge in [0.2, 0.25) is 0 Å². The molecule has 0 saturated heterocycles. The van der Waals surface area contributed by atoms with Crippen molar-refractivity contribution in [2.24, 2.45) is 5.92 Å². The third-order valence-corrected chi connectivity index (χ3v) is 6.49. The first-order valence-corrected chi connectivity index (χ1v) is 11.3. The fourth-order valence-corrected chi connectivity index (χ4v) is 4.76. The SMILES string of the molecule is CC=CC1CCC(c2ccc(-c3ccc(-c4ccc(COC)cc4F)cc3)cc2)CC1. The number of methoxy groups -OCH3 is 1. The first kappa shape index (κ1) is 21.5. The Morgan fingerprint density at radius 1 is 0.839 bits per heavy atom. The summed E-state index contributed by atoms with van der Waals surface area (Å²) in [5.74, 6) is 1.23. The molecule has 1 aliphatic rings. The molecule has 0 unspecified atom stereocenters. The van der Waals surface area contributed by atoms with Crippen molar-refractivity contribution in [2.45, 2.75) is 45.1 Å². The molecule has 1 fully saturated rings. The lowest BCUT2D eigenvalue weighted by atomic mass is 9.78. The number of hydrogen-bond donors (Lipinski definition) is 0. The summed E-state index contributed by atoms with van der Waals surface area (Å²) in [5.41, 5.74) is 6.17. The second-order valence-electron chi connectivity index (χ2n) is 8.58. The fraction of sp³-hybridized carbons (Fsp3) is 0.310. The molecule has 0 radical (unpaired) electrons. The molecule has 4 rings (SSSR count). The van der Waals surface area contributed by atoms with Crippen LogP contribution in [0.5, 0.6) is 0 Å². The summed E-state index contributed by atoms with van der Waals surface area (Å²) in [6.45, 7) is 2.54. The van der Waals surface area contributed by atoms with E-state index in [1.54, 1.807) is 13.2 Å². The van der Waals surface area contributed by atoms with E-state index in [2.05, 4.69) is 55.5 Å². The van der Waals surface area contributed by atoms with Crippen molar-refractivity contribution in [2.75, 3.05) is 7.11 Å². The zero-order chi connectivity index (χ0) is 21.6. The lowest BCUT2D eigenvalue weighted by Crippen LogP contribution is -2.11. The lowest BCUT2D eigenvalue weighted by Gasteiger charge is -2.27. The van der Waals surface area contributed by atoms with Crippen LogP contribution in [0.3, 0.4) is 0 Å². The molecule has 31 heavy (non-hydrogen) atoms. The van der Waals surface area contributed by atoms with Gasteiger partial charge in [0.25, 0.3) is 0 Å². The highest BCUT2D eigenvalue weighted by Gasteiger charge is 2.20. The van der Waals surface area contributed by atoms with Crippen LogP contribution in [0.4, 0.5) is 4.39 Å². The van der Waals surface area contributed by atoms with Crippen LogP contribution < -0.4 is 0 Å². The molecule has 2 heteroatoms. The highest BCUT2D eigenvalue weighted by Crippen LogP contribution is 2.37. The third-order valence-electron chi connectivity index (χ3n) is 6.49. The second kappa shape index (κ2) is 10.1. The Labute approximate surface area is 185 Å². The fourth-order valence-electron chi connectivity index (χ4n) is 4.76. The maximum Gasteiger partial charge on any atom is 0.131 e. The molecule has 0 aliphatic heterocycles. The van der Waals surface area contributed by atoms with Crippen LogP contribution in [0.2, 0.25) is 0 Å². The molecular weight excluding hydrogens is 383 g/mol. The van der Waals surface area contributed by atoms with Crippen LogP contribution in [-0.2, 0) is 11.3 Å². The van der Waals surface area contributed by atoms with Crippen LogP contribution >= 0.6 is 0 Å². The van der Waals surface area contributed by atoms with Gasteiger partial charge in [0.1, 0.15) is 5.82 Å². The molecule has 0 heterocycles. The van der Waals surface area contributed by atoms with E-state index in [0.29, 0.717) is 18.1 Å². The Hall–Kier alpha value is -2.71. The minimum absolute atomic E-state index is 0.212. The van der Waals surface area contributed by atoms with Crippen LogP contribution in [-0.4, -0.2) is 7.11 Å². The van der Waals surface area contributed by atoms with Crippen molar-refractivity contribution in [3.05, 3.63) is 95.8 Å². The van der Waals surface area contributed by atoms with Crippen molar-refractivity contribution in [3.8, 4) is 22.3 Å². The Morgan fingerprint density at radius 3 is 2.03 bits per heavy atom. The molecule has 0 bridgehead atoms. The number of hydrogen-bond acceptors (Lipinski definition) is 1. The monoisotopic (exact) mass is 414 g/mol. The van der Waals surface area contributed by atoms with Crippen molar-refractivity contribution in [1.29, 1.82) is 0 Å². The predicted octanol–water partition coefficient (Wildman–Crippen LogP) is 8.16. The summed E-state index contributed by atoms with van der Waals surface area (Å²) in [7, 11) is 1.62. The quantitative estimate of drug-likeness (QED) is 0.370. The predicted molar refractivity (Wildman–Crippen MR) is 127 cm³/mol. The molecule has 3 aromatic rings. The first-order chi connectivity index (χ1) is 15.2. The number of benzene rings is 3. The van der Waals surface area contributed by atoms with Crippen molar-refractivity contribution in [1.82, 2.24) is 0 Å². The maximum atomic E-state index is 14.5. The van der Waals surface area contributed by atoms with Gasteiger partial charge in [0, 0.05) is 12.7 Å². The van der Waals surface area contributed by atoms with Crippen LogP contribution in [0, 0.1) is 11.7 Å². The molecule has 0 amide bonds. The summed E-state index contributed by atoms with van der Waals surface area (Å²) < 4.78 is 19.6. The molecule has 0 N–H and O–H groups in total. The van der Waals surface area contributed by atoms with Gasteiger partial charge in [-0.15, -0.1) is 0 Å². The Balaban J connectivity index is 1.45. The Kier molecular flexibility index (Phi) is 6.99. The van der Waals surface area contributed by atoms with Crippen LogP contribution in [0.15, 0.2) is 78.9 Å². The van der Waals surface area contributed by atoms with E-state index < -0.39 is 0 Å². The Bertz CT molecular complexity index is 1010. The van der Waals surface area contributed by atoms with Gasteiger partial charge in [-0.3, -0.25) is 0 Å². The molecule has 0 atom stereocenters. The van der Waals surface area contributed by atoms with E-state index in [0.717, 1.165) is 22.6 Å². The smallest absolute Gasteiger partial charge is 0.131 e. The molecule has 1 saturated carbocycles. The number of allylic oxidation sites excluding steroid dienone is 2. The minimum Gasteiger partial charge on any atom is -0.380 e.